The lowest BCUT2D eigenvalue weighted by Crippen LogP contribution is -2.44. The van der Waals surface area contributed by atoms with Crippen LogP contribution in [0.3, 0.4) is 0 Å². The number of benzene rings is 2. The van der Waals surface area contributed by atoms with Gasteiger partial charge in [0.2, 0.25) is 0 Å². The van der Waals surface area contributed by atoms with Crippen LogP contribution < -0.4 is 20.3 Å². The first-order valence-electron chi connectivity index (χ1n) is 8.89. The number of halogens is 2. The maximum Gasteiger partial charge on any atom is 0.191 e. The van der Waals surface area contributed by atoms with Crippen molar-refractivity contribution in [3.8, 4) is 5.75 Å². The number of nitrogens with zero attached hydrogens (tertiary/aromatic N) is 2. The van der Waals surface area contributed by atoms with Crippen LogP contribution in [0.15, 0.2) is 47.5 Å². The van der Waals surface area contributed by atoms with Gasteiger partial charge in [-0.15, -0.1) is 0 Å². The third-order valence-corrected chi connectivity index (χ3v) is 4.63. The zero-order valence-electron chi connectivity index (χ0n) is 15.5. The van der Waals surface area contributed by atoms with Crippen LogP contribution in [0.25, 0.3) is 0 Å². The Bertz CT molecular complexity index is 812. The maximum absolute atomic E-state index is 13.8. The van der Waals surface area contributed by atoms with Crippen LogP contribution in [0.4, 0.5) is 14.5 Å². The van der Waals surface area contributed by atoms with Crippen molar-refractivity contribution in [1.29, 1.82) is 0 Å². The van der Waals surface area contributed by atoms with Crippen LogP contribution in [0, 0.1) is 11.6 Å². The van der Waals surface area contributed by atoms with Gasteiger partial charge in [-0.2, -0.15) is 0 Å². The molecule has 0 spiro atoms. The lowest BCUT2D eigenvalue weighted by molar-refractivity contribution is 0.415. The second kappa shape index (κ2) is 8.70. The van der Waals surface area contributed by atoms with Crippen LogP contribution in [0.2, 0.25) is 0 Å². The molecule has 1 unspecified atom stereocenters. The summed E-state index contributed by atoms with van der Waals surface area (Å²) in [5, 5.41) is 6.39. The van der Waals surface area contributed by atoms with E-state index >= 15 is 0 Å². The molecule has 2 aromatic carbocycles. The van der Waals surface area contributed by atoms with Gasteiger partial charge >= 0.3 is 0 Å². The molecule has 0 amide bonds. The summed E-state index contributed by atoms with van der Waals surface area (Å²) in [6, 6.07) is 11.6. The number of para-hydroxylation sites is 2. The van der Waals surface area contributed by atoms with E-state index in [0.29, 0.717) is 5.96 Å². The van der Waals surface area contributed by atoms with Gasteiger partial charge in [-0.25, -0.2) is 8.78 Å². The quantitative estimate of drug-likeness (QED) is 0.624. The first kappa shape index (κ1) is 18.9. The Hall–Kier alpha value is -2.83. The molecule has 1 aliphatic rings. The van der Waals surface area contributed by atoms with Crippen molar-refractivity contribution in [1.82, 2.24) is 10.6 Å². The van der Waals surface area contributed by atoms with Crippen LogP contribution in [0.1, 0.15) is 12.0 Å². The van der Waals surface area contributed by atoms with Crippen LogP contribution >= 0.6 is 0 Å². The number of rotatable bonds is 5. The van der Waals surface area contributed by atoms with Gasteiger partial charge in [-0.1, -0.05) is 12.1 Å². The zero-order valence-corrected chi connectivity index (χ0v) is 15.5. The number of aliphatic imine (C=N–C) groups is 1. The molecular weight excluding hydrogens is 350 g/mol. The largest absolute Gasteiger partial charge is 0.495 e. The van der Waals surface area contributed by atoms with Gasteiger partial charge in [0.05, 0.1) is 12.8 Å². The molecule has 1 fully saturated rings. The second-order valence-corrected chi connectivity index (χ2v) is 6.41. The summed E-state index contributed by atoms with van der Waals surface area (Å²) in [5.74, 6) is 0.509. The summed E-state index contributed by atoms with van der Waals surface area (Å²) in [7, 11) is 3.33. The number of hydrogen-bond donors (Lipinski definition) is 2. The predicted octanol–water partition coefficient (Wildman–Crippen LogP) is 2.92. The topological polar surface area (TPSA) is 48.9 Å². The fourth-order valence-corrected chi connectivity index (χ4v) is 3.23. The fraction of sp³-hybridized carbons (Fsp3) is 0.350. The average molecular weight is 374 g/mol. The van der Waals surface area contributed by atoms with Crippen molar-refractivity contribution >= 4 is 11.6 Å². The molecular formula is C20H24F2N4O. The summed E-state index contributed by atoms with van der Waals surface area (Å²) in [6.45, 7) is 1.86. The van der Waals surface area contributed by atoms with E-state index in [9.17, 15) is 8.78 Å². The lowest BCUT2D eigenvalue weighted by atomic mass is 10.2. The highest BCUT2D eigenvalue weighted by Crippen LogP contribution is 2.30. The lowest BCUT2D eigenvalue weighted by Gasteiger charge is -2.22. The van der Waals surface area contributed by atoms with Gasteiger partial charge in [0.25, 0.3) is 0 Å². The molecule has 2 N–H and O–H groups in total. The summed E-state index contributed by atoms with van der Waals surface area (Å²) in [5.41, 5.74) is 1.33. The molecule has 1 saturated heterocycles. The highest BCUT2D eigenvalue weighted by molar-refractivity contribution is 5.80. The van der Waals surface area contributed by atoms with E-state index in [0.717, 1.165) is 43.1 Å². The summed E-state index contributed by atoms with van der Waals surface area (Å²) >= 11 is 0. The normalized spacial score (nSPS) is 17.1. The van der Waals surface area contributed by atoms with Gasteiger partial charge in [0.15, 0.2) is 5.96 Å². The molecule has 7 heteroatoms. The van der Waals surface area contributed by atoms with E-state index in [2.05, 4.69) is 20.5 Å². The SMILES string of the molecule is CN=C(NCc1cc(F)ccc1F)NC1CCN(c2ccccc2OC)C1. The molecule has 0 bridgehead atoms. The van der Waals surface area contributed by atoms with Gasteiger partial charge < -0.3 is 20.3 Å². The molecule has 1 atom stereocenters. The summed E-state index contributed by atoms with van der Waals surface area (Å²) < 4.78 is 32.5. The van der Waals surface area contributed by atoms with Crippen molar-refractivity contribution in [2.24, 2.45) is 4.99 Å². The Balaban J connectivity index is 1.57. The molecule has 1 heterocycles. The third kappa shape index (κ3) is 4.67. The van der Waals surface area contributed by atoms with Crippen molar-refractivity contribution in [3.63, 3.8) is 0 Å². The monoisotopic (exact) mass is 374 g/mol. The smallest absolute Gasteiger partial charge is 0.191 e. The molecule has 0 saturated carbocycles. The van der Waals surface area contributed by atoms with Crippen LogP contribution in [-0.4, -0.2) is 39.2 Å². The van der Waals surface area contributed by atoms with E-state index in [4.69, 9.17) is 4.74 Å². The van der Waals surface area contributed by atoms with Crippen LogP contribution in [0.5, 0.6) is 5.75 Å². The molecule has 0 radical (unpaired) electrons. The second-order valence-electron chi connectivity index (χ2n) is 6.41. The minimum absolute atomic E-state index is 0.159. The third-order valence-electron chi connectivity index (χ3n) is 4.63. The highest BCUT2D eigenvalue weighted by atomic mass is 19.1. The molecule has 27 heavy (non-hydrogen) atoms. The van der Waals surface area contributed by atoms with E-state index in [-0.39, 0.29) is 18.2 Å². The maximum atomic E-state index is 13.8. The summed E-state index contributed by atoms with van der Waals surface area (Å²) in [4.78, 5) is 6.45. The highest BCUT2D eigenvalue weighted by Gasteiger charge is 2.25. The van der Waals surface area contributed by atoms with Crippen molar-refractivity contribution in [3.05, 3.63) is 59.7 Å². The van der Waals surface area contributed by atoms with E-state index in [1.807, 2.05) is 24.3 Å². The number of ether oxygens (including phenoxy) is 1. The molecule has 1 aliphatic heterocycles. The molecule has 2 aromatic rings. The van der Waals surface area contributed by atoms with Crippen molar-refractivity contribution in [2.45, 2.75) is 19.0 Å². The predicted molar refractivity (Wildman–Crippen MR) is 103 cm³/mol. The minimum Gasteiger partial charge on any atom is -0.495 e. The molecule has 0 aromatic heterocycles. The number of hydrogen-bond acceptors (Lipinski definition) is 3. The van der Waals surface area contributed by atoms with E-state index < -0.39 is 11.6 Å². The van der Waals surface area contributed by atoms with Crippen molar-refractivity contribution < 1.29 is 13.5 Å². The molecule has 5 nitrogen and oxygen atoms in total. The molecule has 3 rings (SSSR count). The van der Waals surface area contributed by atoms with E-state index in [1.165, 1.54) is 6.07 Å². The number of nitrogens with one attached hydrogen (secondary N) is 2. The Morgan fingerprint density at radius 1 is 1.26 bits per heavy atom. The number of anilines is 1. The minimum atomic E-state index is -0.459. The Kier molecular flexibility index (Phi) is 6.11. The number of methoxy groups -OCH3 is 1. The van der Waals surface area contributed by atoms with Crippen molar-refractivity contribution in [2.75, 3.05) is 32.1 Å². The Labute approximate surface area is 158 Å². The molecule has 0 aliphatic carbocycles. The molecule has 144 valence electrons. The Morgan fingerprint density at radius 2 is 2.07 bits per heavy atom. The van der Waals surface area contributed by atoms with Crippen LogP contribution in [-0.2, 0) is 6.54 Å². The fourth-order valence-electron chi connectivity index (χ4n) is 3.23. The first-order valence-corrected chi connectivity index (χ1v) is 8.89. The standard InChI is InChI=1S/C20H24F2N4O/c1-23-20(24-12-14-11-15(21)7-8-17(14)22)25-16-9-10-26(13-16)18-5-3-4-6-19(18)27-2/h3-8,11,16H,9-10,12-13H2,1-2H3,(H2,23,24,25). The van der Waals surface area contributed by atoms with Gasteiger partial charge in [0.1, 0.15) is 17.4 Å². The average Bonchev–Trinajstić information content (AvgIpc) is 3.15. The van der Waals surface area contributed by atoms with Gasteiger partial charge in [0, 0.05) is 38.3 Å². The first-order chi connectivity index (χ1) is 13.1. The number of guanidine groups is 1. The zero-order chi connectivity index (χ0) is 19.2. The van der Waals surface area contributed by atoms with Gasteiger partial charge in [-0.3, -0.25) is 4.99 Å². The summed E-state index contributed by atoms with van der Waals surface area (Å²) in [6.07, 6.45) is 0.938. The Morgan fingerprint density at radius 3 is 2.85 bits per heavy atom. The van der Waals surface area contributed by atoms with E-state index in [1.54, 1.807) is 14.2 Å². The van der Waals surface area contributed by atoms with Gasteiger partial charge in [-0.05, 0) is 36.8 Å².